The molecule has 3 rings (SSSR count). The van der Waals surface area contributed by atoms with E-state index < -0.39 is 0 Å². The lowest BCUT2D eigenvalue weighted by molar-refractivity contribution is 0.102. The number of carbonyl (C=O) groups is 1. The van der Waals surface area contributed by atoms with E-state index in [0.29, 0.717) is 27.8 Å². The summed E-state index contributed by atoms with van der Waals surface area (Å²) in [4.78, 5) is 12.4. The van der Waals surface area contributed by atoms with Gasteiger partial charge in [-0.15, -0.1) is 5.10 Å². The molecule has 1 aromatic heterocycles. The first-order valence-electron chi connectivity index (χ1n) is 8.09. The third-order valence-corrected chi connectivity index (χ3v) is 3.83. The monoisotopic (exact) mass is 371 g/mol. The minimum Gasteiger partial charge on any atom is -0.486 e. The van der Waals surface area contributed by atoms with E-state index in [4.69, 9.17) is 16.3 Å². The summed E-state index contributed by atoms with van der Waals surface area (Å²) in [5.41, 5.74) is 1.11. The number of rotatable bonds is 6. The van der Waals surface area contributed by atoms with Gasteiger partial charge in [0.25, 0.3) is 5.91 Å². The summed E-state index contributed by atoms with van der Waals surface area (Å²) in [5.74, 6) is 0.931. The molecule has 8 heteroatoms. The molecule has 0 fully saturated rings. The van der Waals surface area contributed by atoms with E-state index in [9.17, 15) is 4.79 Å². The Balaban J connectivity index is 1.67. The van der Waals surface area contributed by atoms with Gasteiger partial charge in [-0.25, -0.2) is 4.68 Å². The molecule has 0 aliphatic rings. The number of tetrazole rings is 1. The Morgan fingerprint density at radius 1 is 1.23 bits per heavy atom. The number of anilines is 1. The quantitative estimate of drug-likeness (QED) is 0.713. The number of benzene rings is 2. The first kappa shape index (κ1) is 17.9. The maximum Gasteiger partial charge on any atom is 0.255 e. The second-order valence-corrected chi connectivity index (χ2v) is 6.35. The Labute approximate surface area is 155 Å². The van der Waals surface area contributed by atoms with Crippen molar-refractivity contribution in [3.8, 4) is 5.75 Å². The van der Waals surface area contributed by atoms with Crippen molar-refractivity contribution >= 4 is 23.2 Å². The van der Waals surface area contributed by atoms with Crippen molar-refractivity contribution in [3.63, 3.8) is 0 Å². The standard InChI is InChI=1S/C18H18ClN5O2/c1-12(2)24-17(21-22-23-24)11-26-16-8-3-5-13(9-16)18(25)20-15-7-4-6-14(19)10-15/h3-10,12H,11H2,1-2H3,(H,20,25). The van der Waals surface area contributed by atoms with E-state index >= 15 is 0 Å². The average molecular weight is 372 g/mol. The number of hydrogen-bond acceptors (Lipinski definition) is 5. The summed E-state index contributed by atoms with van der Waals surface area (Å²) in [5, 5.41) is 14.9. The minimum atomic E-state index is -0.246. The van der Waals surface area contributed by atoms with Crippen LogP contribution in [0.5, 0.6) is 5.75 Å². The lowest BCUT2D eigenvalue weighted by Crippen LogP contribution is -2.13. The summed E-state index contributed by atoms with van der Waals surface area (Å²) >= 11 is 5.94. The van der Waals surface area contributed by atoms with Gasteiger partial charge in [0.1, 0.15) is 12.4 Å². The largest absolute Gasteiger partial charge is 0.486 e. The third kappa shape index (κ3) is 4.37. The van der Waals surface area contributed by atoms with Gasteiger partial charge in [-0.05, 0) is 60.7 Å². The van der Waals surface area contributed by atoms with Gasteiger partial charge in [0.05, 0.1) is 6.04 Å². The van der Waals surface area contributed by atoms with Crippen molar-refractivity contribution in [2.24, 2.45) is 0 Å². The first-order valence-corrected chi connectivity index (χ1v) is 8.47. The van der Waals surface area contributed by atoms with Crippen LogP contribution in [0.2, 0.25) is 5.02 Å². The summed E-state index contributed by atoms with van der Waals surface area (Å²) in [7, 11) is 0. The number of aromatic nitrogens is 4. The van der Waals surface area contributed by atoms with Crippen LogP contribution in [0.4, 0.5) is 5.69 Å². The van der Waals surface area contributed by atoms with E-state index in [1.165, 1.54) is 0 Å². The van der Waals surface area contributed by atoms with Gasteiger partial charge in [-0.3, -0.25) is 4.79 Å². The van der Waals surface area contributed by atoms with Gasteiger partial charge in [-0.1, -0.05) is 23.7 Å². The number of nitrogens with zero attached hydrogens (tertiary/aromatic N) is 4. The Hall–Kier alpha value is -2.93. The zero-order valence-electron chi connectivity index (χ0n) is 14.4. The SMILES string of the molecule is CC(C)n1nnnc1COc1cccc(C(=O)Nc2cccc(Cl)c2)c1. The lowest BCUT2D eigenvalue weighted by atomic mass is 10.2. The van der Waals surface area contributed by atoms with Crippen molar-refractivity contribution < 1.29 is 9.53 Å². The number of ether oxygens (including phenoxy) is 1. The number of carbonyl (C=O) groups excluding carboxylic acids is 1. The highest BCUT2D eigenvalue weighted by molar-refractivity contribution is 6.30. The predicted molar refractivity (Wildman–Crippen MR) is 98.4 cm³/mol. The van der Waals surface area contributed by atoms with Crippen LogP contribution in [0.3, 0.4) is 0 Å². The molecule has 26 heavy (non-hydrogen) atoms. The molecule has 134 valence electrons. The Kier molecular flexibility index (Phi) is 5.48. The van der Waals surface area contributed by atoms with Crippen LogP contribution in [0, 0.1) is 0 Å². The highest BCUT2D eigenvalue weighted by Gasteiger charge is 2.11. The van der Waals surface area contributed by atoms with Crippen LogP contribution in [0.25, 0.3) is 0 Å². The number of hydrogen-bond donors (Lipinski definition) is 1. The maximum atomic E-state index is 12.4. The van der Waals surface area contributed by atoms with Crippen LogP contribution in [-0.2, 0) is 6.61 Å². The summed E-state index contributed by atoms with van der Waals surface area (Å²) < 4.78 is 7.43. The Morgan fingerprint density at radius 3 is 2.81 bits per heavy atom. The molecule has 1 heterocycles. The molecule has 0 atom stereocenters. The molecule has 0 aliphatic heterocycles. The van der Waals surface area contributed by atoms with Gasteiger partial charge >= 0.3 is 0 Å². The number of halogens is 1. The highest BCUT2D eigenvalue weighted by Crippen LogP contribution is 2.19. The second kappa shape index (κ2) is 7.97. The minimum absolute atomic E-state index is 0.137. The van der Waals surface area contributed by atoms with Gasteiger partial charge in [0, 0.05) is 16.3 Å². The predicted octanol–water partition coefficient (Wildman–Crippen LogP) is 3.74. The molecule has 0 saturated heterocycles. The molecule has 0 saturated carbocycles. The summed E-state index contributed by atoms with van der Waals surface area (Å²) in [6.07, 6.45) is 0. The molecule has 0 unspecified atom stereocenters. The van der Waals surface area contributed by atoms with Crippen LogP contribution in [0.1, 0.15) is 36.1 Å². The third-order valence-electron chi connectivity index (χ3n) is 3.60. The molecule has 2 aromatic carbocycles. The normalized spacial score (nSPS) is 10.8. The van der Waals surface area contributed by atoms with E-state index in [1.54, 1.807) is 53.2 Å². The molecule has 0 aliphatic carbocycles. The first-order chi connectivity index (χ1) is 12.5. The van der Waals surface area contributed by atoms with Crippen molar-refractivity contribution in [2.75, 3.05) is 5.32 Å². The van der Waals surface area contributed by atoms with Gasteiger partial charge in [-0.2, -0.15) is 0 Å². The van der Waals surface area contributed by atoms with E-state index in [2.05, 4.69) is 20.8 Å². The van der Waals surface area contributed by atoms with Crippen molar-refractivity contribution in [3.05, 3.63) is 64.9 Å². The highest BCUT2D eigenvalue weighted by atomic mass is 35.5. The molecule has 0 spiro atoms. The smallest absolute Gasteiger partial charge is 0.255 e. The molecule has 3 aromatic rings. The zero-order valence-corrected chi connectivity index (χ0v) is 15.1. The van der Waals surface area contributed by atoms with E-state index in [1.807, 2.05) is 13.8 Å². The van der Waals surface area contributed by atoms with E-state index in [-0.39, 0.29) is 18.6 Å². The molecule has 1 N–H and O–H groups in total. The molecule has 0 radical (unpaired) electrons. The Morgan fingerprint density at radius 2 is 2.04 bits per heavy atom. The van der Waals surface area contributed by atoms with Crippen LogP contribution in [-0.4, -0.2) is 26.1 Å². The van der Waals surface area contributed by atoms with Crippen molar-refractivity contribution in [1.29, 1.82) is 0 Å². The average Bonchev–Trinajstić information content (AvgIpc) is 3.09. The summed E-state index contributed by atoms with van der Waals surface area (Å²) in [6, 6.07) is 14.0. The van der Waals surface area contributed by atoms with Gasteiger partial charge in [0.15, 0.2) is 5.82 Å². The van der Waals surface area contributed by atoms with Crippen molar-refractivity contribution in [2.45, 2.75) is 26.5 Å². The van der Waals surface area contributed by atoms with Crippen molar-refractivity contribution in [1.82, 2.24) is 20.2 Å². The van der Waals surface area contributed by atoms with E-state index in [0.717, 1.165) is 0 Å². The van der Waals surface area contributed by atoms with Gasteiger partial charge < -0.3 is 10.1 Å². The van der Waals surface area contributed by atoms with Crippen LogP contribution >= 0.6 is 11.6 Å². The van der Waals surface area contributed by atoms with Crippen LogP contribution < -0.4 is 10.1 Å². The number of nitrogens with one attached hydrogen (secondary N) is 1. The topological polar surface area (TPSA) is 81.9 Å². The second-order valence-electron chi connectivity index (χ2n) is 5.91. The Bertz CT molecular complexity index is 910. The summed E-state index contributed by atoms with van der Waals surface area (Å²) in [6.45, 7) is 4.19. The fourth-order valence-corrected chi connectivity index (χ4v) is 2.54. The van der Waals surface area contributed by atoms with Gasteiger partial charge in [0.2, 0.25) is 0 Å². The molecule has 1 amide bonds. The molecular weight excluding hydrogens is 354 g/mol. The lowest BCUT2D eigenvalue weighted by Gasteiger charge is -2.10. The fourth-order valence-electron chi connectivity index (χ4n) is 2.35. The maximum absolute atomic E-state index is 12.4. The molecular formula is C18H18ClN5O2. The fraction of sp³-hybridized carbons (Fsp3) is 0.222. The molecule has 7 nitrogen and oxygen atoms in total. The molecule has 0 bridgehead atoms. The van der Waals surface area contributed by atoms with Crippen LogP contribution in [0.15, 0.2) is 48.5 Å². The number of amides is 1. The zero-order chi connectivity index (χ0) is 18.5.